The lowest BCUT2D eigenvalue weighted by atomic mass is 10.2. The van der Waals surface area contributed by atoms with Crippen LogP contribution in [0.2, 0.25) is 0 Å². The van der Waals surface area contributed by atoms with E-state index in [0.717, 1.165) is 12.8 Å². The molecule has 0 radical (unpaired) electrons. The van der Waals surface area contributed by atoms with Crippen LogP contribution in [0, 0.1) is 11.8 Å². The number of aliphatic hydroxyl groups excluding tert-OH is 1. The molecule has 52 valence electrons. The lowest BCUT2D eigenvalue weighted by Gasteiger charge is -1.87. The molecule has 0 saturated carbocycles. The van der Waals surface area contributed by atoms with Crippen LogP contribution in [-0.4, -0.2) is 11.2 Å². The summed E-state index contributed by atoms with van der Waals surface area (Å²) >= 11 is 0. The van der Waals surface area contributed by atoms with Gasteiger partial charge < -0.3 is 5.11 Å². The minimum atomic E-state index is -0.457. The summed E-state index contributed by atoms with van der Waals surface area (Å²) in [6.45, 7) is 3.81. The van der Waals surface area contributed by atoms with E-state index < -0.39 is 6.10 Å². The zero-order valence-corrected chi connectivity index (χ0v) is 6.15. The van der Waals surface area contributed by atoms with Gasteiger partial charge in [0.15, 0.2) is 0 Å². The molecular formula is C8H14O. The van der Waals surface area contributed by atoms with E-state index in [9.17, 15) is 0 Å². The maximum absolute atomic E-state index is 8.68. The van der Waals surface area contributed by atoms with Crippen molar-refractivity contribution >= 4 is 0 Å². The quantitative estimate of drug-likeness (QED) is 0.439. The Morgan fingerprint density at radius 2 is 2.22 bits per heavy atom. The van der Waals surface area contributed by atoms with Crippen LogP contribution in [-0.2, 0) is 0 Å². The topological polar surface area (TPSA) is 20.2 Å². The molecule has 1 atom stereocenters. The fourth-order valence-electron chi connectivity index (χ4n) is 0.485. The first-order valence-electron chi connectivity index (χ1n) is 3.43. The lowest BCUT2D eigenvalue weighted by Crippen LogP contribution is -1.92. The van der Waals surface area contributed by atoms with Crippen LogP contribution in [0.25, 0.3) is 0 Å². The van der Waals surface area contributed by atoms with Gasteiger partial charge in [-0.2, -0.15) is 0 Å². The molecule has 0 aromatic heterocycles. The van der Waals surface area contributed by atoms with Crippen LogP contribution in [0.15, 0.2) is 0 Å². The van der Waals surface area contributed by atoms with Gasteiger partial charge in [0, 0.05) is 6.42 Å². The Hall–Kier alpha value is -0.480. The van der Waals surface area contributed by atoms with Crippen LogP contribution < -0.4 is 0 Å². The fraction of sp³-hybridized carbons (Fsp3) is 0.750. The van der Waals surface area contributed by atoms with Crippen molar-refractivity contribution in [2.24, 2.45) is 0 Å². The van der Waals surface area contributed by atoms with E-state index in [2.05, 4.69) is 18.8 Å². The molecule has 0 rings (SSSR count). The van der Waals surface area contributed by atoms with Crippen LogP contribution in [0.5, 0.6) is 0 Å². The summed E-state index contributed by atoms with van der Waals surface area (Å²) in [6.07, 6.45) is 2.78. The second kappa shape index (κ2) is 5.65. The maximum atomic E-state index is 8.68. The van der Waals surface area contributed by atoms with Crippen molar-refractivity contribution in [1.29, 1.82) is 0 Å². The smallest absolute Gasteiger partial charge is 0.111 e. The molecule has 0 aliphatic heterocycles. The number of rotatable bonds is 2. The van der Waals surface area contributed by atoms with E-state index >= 15 is 0 Å². The van der Waals surface area contributed by atoms with Crippen molar-refractivity contribution in [3.63, 3.8) is 0 Å². The molecule has 0 aliphatic rings. The molecule has 1 unspecified atom stereocenters. The van der Waals surface area contributed by atoms with E-state index in [1.165, 1.54) is 6.42 Å². The van der Waals surface area contributed by atoms with Gasteiger partial charge in [0.25, 0.3) is 0 Å². The van der Waals surface area contributed by atoms with Gasteiger partial charge >= 0.3 is 0 Å². The molecule has 1 N–H and O–H groups in total. The summed E-state index contributed by atoms with van der Waals surface area (Å²) in [6, 6.07) is 0. The van der Waals surface area contributed by atoms with Gasteiger partial charge in [0.05, 0.1) is 0 Å². The highest BCUT2D eigenvalue weighted by atomic mass is 16.3. The highest BCUT2D eigenvalue weighted by Gasteiger charge is 1.81. The molecule has 0 fully saturated rings. The highest BCUT2D eigenvalue weighted by molar-refractivity contribution is 5.02. The predicted octanol–water partition coefficient (Wildman–Crippen LogP) is 1.56. The number of hydrogen-bond donors (Lipinski definition) is 1. The summed E-state index contributed by atoms with van der Waals surface area (Å²) in [4.78, 5) is 0. The predicted molar refractivity (Wildman–Crippen MR) is 39.0 cm³/mol. The average molecular weight is 126 g/mol. The minimum absolute atomic E-state index is 0.457. The molecule has 1 nitrogen and oxygen atoms in total. The average Bonchev–Trinajstić information content (AvgIpc) is 1.80. The Morgan fingerprint density at radius 3 is 2.67 bits per heavy atom. The second-order valence-corrected chi connectivity index (χ2v) is 2.10. The van der Waals surface area contributed by atoms with Crippen molar-refractivity contribution in [2.75, 3.05) is 0 Å². The molecular weight excluding hydrogens is 112 g/mol. The van der Waals surface area contributed by atoms with E-state index in [0.29, 0.717) is 0 Å². The first kappa shape index (κ1) is 8.52. The molecule has 0 amide bonds. The third-order valence-electron chi connectivity index (χ3n) is 0.966. The molecule has 9 heavy (non-hydrogen) atoms. The molecule has 1 heteroatoms. The monoisotopic (exact) mass is 126 g/mol. The summed E-state index contributed by atoms with van der Waals surface area (Å²) in [5.74, 6) is 5.57. The van der Waals surface area contributed by atoms with E-state index in [4.69, 9.17) is 5.11 Å². The van der Waals surface area contributed by atoms with Crippen molar-refractivity contribution in [1.82, 2.24) is 0 Å². The van der Waals surface area contributed by atoms with Crippen LogP contribution in [0.3, 0.4) is 0 Å². The highest BCUT2D eigenvalue weighted by Crippen LogP contribution is 1.90. The van der Waals surface area contributed by atoms with Crippen LogP contribution >= 0.6 is 0 Å². The van der Waals surface area contributed by atoms with E-state index in [1.807, 2.05) is 0 Å². The standard InChI is InChI=1S/C8H14O/c1-3-4-5-6-7-8(2)9/h8-9H,3-5H2,1-2H3. The van der Waals surface area contributed by atoms with Gasteiger partial charge in [-0.05, 0) is 13.3 Å². The Balaban J connectivity index is 3.16. The largest absolute Gasteiger partial charge is 0.381 e. The Bertz CT molecular complexity index is 105. The molecule has 0 spiro atoms. The van der Waals surface area contributed by atoms with Gasteiger partial charge in [0.1, 0.15) is 6.10 Å². The minimum Gasteiger partial charge on any atom is -0.381 e. The molecule has 0 saturated heterocycles. The lowest BCUT2D eigenvalue weighted by molar-refractivity contribution is 0.253. The number of aliphatic hydroxyl groups is 1. The molecule has 0 bridgehead atoms. The van der Waals surface area contributed by atoms with E-state index in [-0.39, 0.29) is 0 Å². The first-order valence-corrected chi connectivity index (χ1v) is 3.43. The number of hydrogen-bond acceptors (Lipinski definition) is 1. The Labute approximate surface area is 57.1 Å². The number of unbranched alkanes of at least 4 members (excludes halogenated alkanes) is 2. The molecule has 0 heterocycles. The Kier molecular flexibility index (Phi) is 5.35. The summed E-state index contributed by atoms with van der Waals surface area (Å²) < 4.78 is 0. The second-order valence-electron chi connectivity index (χ2n) is 2.10. The molecule has 0 aromatic carbocycles. The van der Waals surface area contributed by atoms with Crippen molar-refractivity contribution < 1.29 is 5.11 Å². The first-order chi connectivity index (χ1) is 4.27. The van der Waals surface area contributed by atoms with Crippen molar-refractivity contribution in [3.05, 3.63) is 0 Å². The van der Waals surface area contributed by atoms with E-state index in [1.54, 1.807) is 6.92 Å². The SMILES string of the molecule is CCCCC#CC(C)O. The van der Waals surface area contributed by atoms with Gasteiger partial charge in [-0.1, -0.05) is 19.3 Å². The van der Waals surface area contributed by atoms with Crippen molar-refractivity contribution in [3.8, 4) is 11.8 Å². The third kappa shape index (κ3) is 7.52. The van der Waals surface area contributed by atoms with Gasteiger partial charge in [0.2, 0.25) is 0 Å². The molecule has 0 aromatic rings. The van der Waals surface area contributed by atoms with Crippen LogP contribution in [0.4, 0.5) is 0 Å². The zero-order chi connectivity index (χ0) is 7.11. The zero-order valence-electron chi connectivity index (χ0n) is 6.15. The van der Waals surface area contributed by atoms with Gasteiger partial charge in [-0.3, -0.25) is 0 Å². The van der Waals surface area contributed by atoms with Gasteiger partial charge in [-0.25, -0.2) is 0 Å². The Morgan fingerprint density at radius 1 is 1.56 bits per heavy atom. The summed E-state index contributed by atoms with van der Waals surface area (Å²) in [7, 11) is 0. The fourth-order valence-corrected chi connectivity index (χ4v) is 0.485. The van der Waals surface area contributed by atoms with Crippen molar-refractivity contribution in [2.45, 2.75) is 39.2 Å². The summed E-state index contributed by atoms with van der Waals surface area (Å²) in [5, 5.41) is 8.68. The normalized spacial score (nSPS) is 11.9. The summed E-state index contributed by atoms with van der Waals surface area (Å²) in [5.41, 5.74) is 0. The molecule has 0 aliphatic carbocycles. The van der Waals surface area contributed by atoms with Crippen LogP contribution in [0.1, 0.15) is 33.1 Å². The third-order valence-corrected chi connectivity index (χ3v) is 0.966. The van der Waals surface area contributed by atoms with Gasteiger partial charge in [-0.15, -0.1) is 5.92 Å². The maximum Gasteiger partial charge on any atom is 0.111 e.